The molecule has 0 unspecified atom stereocenters. The Morgan fingerprint density at radius 3 is 0.985 bits per heavy atom. The topological polar surface area (TPSA) is 280 Å². The number of para-hydroxylation sites is 2. The molecule has 0 aromatic heterocycles. The summed E-state index contributed by atoms with van der Waals surface area (Å²) in [6, 6.07) is 104. The van der Waals surface area contributed by atoms with E-state index in [-0.39, 0.29) is 17.2 Å². The van der Waals surface area contributed by atoms with Crippen LogP contribution in [0, 0.1) is 23.8 Å². The van der Waals surface area contributed by atoms with Crippen LogP contribution in [-0.4, -0.2) is 81.5 Å². The first-order valence-corrected chi connectivity index (χ1v) is 43.9. The highest BCUT2D eigenvalue weighted by Crippen LogP contribution is 2.39. The molecule has 0 aliphatic heterocycles. The number of nitro groups is 2. The molecule has 0 bridgehead atoms. The minimum Gasteiger partial charge on any atom is -0.496 e. The number of urea groups is 1. The number of carbonyl (C=O) groups is 2. The average Bonchev–Trinajstić information content (AvgIpc) is 0.786. The Labute approximate surface area is 830 Å². The number of halogens is 7. The molecule has 0 saturated heterocycles. The quantitative estimate of drug-likeness (QED) is 0.00994. The average molecular weight is 2030 g/mol. The second-order valence-corrected chi connectivity index (χ2v) is 32.3. The number of nitrogen functional groups attached to an aromatic ring is 1. The van der Waals surface area contributed by atoms with Crippen molar-refractivity contribution in [2.75, 3.05) is 53.7 Å². The molecule has 27 heteroatoms. The smallest absolute Gasteiger partial charge is 0.488 e. The second-order valence-electron chi connectivity index (χ2n) is 28.5. The summed E-state index contributed by atoms with van der Waals surface area (Å²) in [6.45, 7) is 0. The van der Waals surface area contributed by atoms with Gasteiger partial charge in [-0.25, -0.2) is 4.79 Å². The molecule has 2 amide bonds. The molecule has 19 nitrogen and oxygen atoms in total. The Kier molecular flexibility index (Phi) is 36.3. The summed E-state index contributed by atoms with van der Waals surface area (Å²) in [5.41, 5.74) is 24.2. The lowest BCUT2D eigenvalue weighted by Gasteiger charge is -2.12. The van der Waals surface area contributed by atoms with Crippen molar-refractivity contribution in [2.24, 2.45) is 5.73 Å². The fourth-order valence-electron chi connectivity index (χ4n) is 13.0. The molecule has 0 aliphatic carbocycles. The SMILES string of the molecule is COc1ccc(C(=O)c2ccc([N+](=O)[O-])cc2)cc1-c1cccc(Cl)c1.COc1ccccc1-c1cccc(Cl)c1.COc1ccccc1I.OB(O)c1cccc(Cl)c1.[2H]C([2H])(c1ccc(N)cc1)c1ccc(OC)c(-c2cccc(Cl)c2)c1.[2H]C([2H])(c1ccc(NC(N)=O)cc1)c1ccc(OC)c(-c2cccc(Cl)c2)c1.[2H]C([2H])(c1ccc([N+](=O)[O-])cc1)c1ccc(OC)c(-c2cccc(Cl)c2)c1. The molecule has 134 heavy (non-hydrogen) atoms. The van der Waals surface area contributed by atoms with Crippen molar-refractivity contribution >= 4 is 139 Å². The predicted molar refractivity (Wildman–Crippen MR) is 553 cm³/mol. The summed E-state index contributed by atoms with van der Waals surface area (Å²) < 4.78 is 84.7. The van der Waals surface area contributed by atoms with Gasteiger partial charge in [0.25, 0.3) is 11.4 Å². The number of primary amides is 1. The van der Waals surface area contributed by atoms with Crippen LogP contribution in [0.2, 0.25) is 30.1 Å². The Bertz CT molecular complexity index is 6970. The van der Waals surface area contributed by atoms with E-state index < -0.39 is 42.1 Å². The van der Waals surface area contributed by atoms with Crippen LogP contribution in [0.1, 0.15) is 57.5 Å². The minimum absolute atomic E-state index is 0.0594. The van der Waals surface area contributed by atoms with Gasteiger partial charge in [-0.05, 0) is 290 Å². The summed E-state index contributed by atoms with van der Waals surface area (Å²) >= 11 is 38.1. The van der Waals surface area contributed by atoms with Crippen LogP contribution in [0.4, 0.5) is 27.5 Å². The van der Waals surface area contributed by atoms with Crippen LogP contribution in [0.3, 0.4) is 0 Å². The van der Waals surface area contributed by atoms with E-state index in [0.29, 0.717) is 115 Å². The Morgan fingerprint density at radius 1 is 0.351 bits per heavy atom. The lowest BCUT2D eigenvalue weighted by Crippen LogP contribution is -2.29. The third kappa shape index (κ3) is 31.2. The lowest BCUT2D eigenvalue weighted by atomic mass is 9.81. The zero-order valence-electron chi connectivity index (χ0n) is 78.7. The number of anilines is 2. The standard InChI is InChI=1S/C21H19ClN2O2.C20H14ClNO4.C20H16ClNO3.C20H18ClNO.C13H11ClO.C7H7IO.C6H6BClO2/c1-26-20-10-7-15(12-19(20)16-3-2-4-17(22)13-16)11-14-5-8-18(9-6-14)24-21(23)25;1-26-19-10-7-15(12-18(19)14-3-2-4-16(21)11-14)20(23)13-5-8-17(9-6-13)22(24)25;1-25-20-10-7-15(11-14-5-8-18(9-6-14)22(23)24)12-19(20)16-3-2-4-17(21)13-16;1-23-20-10-7-15(11-14-5-8-18(22)9-6-14)12-19(20)16-3-2-4-17(21)13-16;1-15-13-8-3-2-7-12(13)10-5-4-6-11(14)9-10;1-9-7-5-3-2-4-6(7)8;8-6-3-1-2-5(4-6)7(9)10/h2-10,12-13H,11H2,1H3,(H3,23,24,25);2-12H,1H3;2-10,12-13H,11H2,1H3;2-10,12-13H,11,22H2,1H3;2-9H,1H3;2-5H,1H3;1-4,9-10H/i11D2;;2*11D2;;;. The first-order valence-electron chi connectivity index (χ1n) is 43.5. The minimum atomic E-state index is -1.84. The number of hydrogen-bond acceptors (Lipinski definition) is 15. The van der Waals surface area contributed by atoms with Crippen molar-refractivity contribution in [3.63, 3.8) is 0 Å². The third-order valence-corrected chi connectivity index (χ3v) is 21.7. The van der Waals surface area contributed by atoms with Crippen molar-refractivity contribution < 1.29 is 66.1 Å². The molecule has 0 spiro atoms. The van der Waals surface area contributed by atoms with Crippen LogP contribution in [0.15, 0.2) is 364 Å². The van der Waals surface area contributed by atoms with Gasteiger partial charge in [0.2, 0.25) is 0 Å². The van der Waals surface area contributed by atoms with Crippen LogP contribution in [0.5, 0.6) is 34.5 Å². The molecule has 16 rings (SSSR count). The van der Waals surface area contributed by atoms with E-state index in [1.54, 1.807) is 219 Å². The third-order valence-electron chi connectivity index (χ3n) is 19.4. The summed E-state index contributed by atoms with van der Waals surface area (Å²) in [5, 5.41) is 44.9. The number of rotatable bonds is 23. The van der Waals surface area contributed by atoms with E-state index >= 15 is 0 Å². The van der Waals surface area contributed by atoms with Crippen LogP contribution in [0.25, 0.3) is 55.6 Å². The van der Waals surface area contributed by atoms with Gasteiger partial charge in [0.05, 0.1) is 56.1 Å². The van der Waals surface area contributed by atoms with Gasteiger partial charge in [-0.1, -0.05) is 227 Å². The fraction of sp³-hybridized carbons (Fsp3) is 0.0841. The number of hydrogen-bond donors (Lipinski definition) is 5. The number of methoxy groups -OCH3 is 6. The van der Waals surface area contributed by atoms with Crippen LogP contribution < -0.4 is 50.7 Å². The predicted octanol–water partition coefficient (Wildman–Crippen LogP) is 27.3. The molecule has 0 saturated carbocycles. The van der Waals surface area contributed by atoms with Crippen LogP contribution >= 0.6 is 92.2 Å². The fourth-order valence-corrected chi connectivity index (χ4v) is 14.7. The van der Waals surface area contributed by atoms with E-state index in [4.69, 9.17) is 128 Å². The van der Waals surface area contributed by atoms with Gasteiger partial charge in [-0.15, -0.1) is 0 Å². The van der Waals surface area contributed by atoms with Gasteiger partial charge < -0.3 is 55.3 Å². The van der Waals surface area contributed by atoms with Crippen molar-refractivity contribution in [1.29, 1.82) is 0 Å². The number of amides is 2. The maximum Gasteiger partial charge on any atom is 0.488 e. The Morgan fingerprint density at radius 2 is 0.649 bits per heavy atom. The highest BCUT2D eigenvalue weighted by Gasteiger charge is 2.19. The summed E-state index contributed by atoms with van der Waals surface area (Å²) in [4.78, 5) is 44.2. The zero-order valence-corrected chi connectivity index (χ0v) is 79.4. The van der Waals surface area contributed by atoms with E-state index in [1.165, 1.54) is 54.6 Å². The van der Waals surface area contributed by atoms with Crippen molar-refractivity contribution in [3.8, 4) is 90.1 Å². The molecular formula is C107H91BCl6IN5O14. The number of nitrogens with zero attached hydrogens (tertiary/aromatic N) is 2. The first-order chi connectivity index (χ1) is 66.9. The molecule has 0 aliphatic rings. The summed E-state index contributed by atoms with van der Waals surface area (Å²) in [7, 11) is 8.19. The highest BCUT2D eigenvalue weighted by molar-refractivity contribution is 14.1. The second kappa shape index (κ2) is 51.9. The van der Waals surface area contributed by atoms with E-state index in [0.717, 1.165) is 70.2 Å². The Balaban J connectivity index is 0.000000173. The molecule has 0 fully saturated rings. The van der Waals surface area contributed by atoms with Crippen molar-refractivity contribution in [3.05, 3.63) is 462 Å². The number of nitrogens with one attached hydrogen (secondary N) is 1. The largest absolute Gasteiger partial charge is 0.496 e. The lowest BCUT2D eigenvalue weighted by molar-refractivity contribution is -0.385. The number of nitro benzene ring substituents is 2. The van der Waals surface area contributed by atoms with Crippen LogP contribution in [-0.2, 0) is 19.1 Å². The van der Waals surface area contributed by atoms with Gasteiger partial charge in [0.15, 0.2) is 5.78 Å². The maximum atomic E-state index is 12.7. The number of carbonyl (C=O) groups excluding carboxylic acids is 2. The van der Waals surface area contributed by atoms with Gasteiger partial charge in [0.1, 0.15) is 34.5 Å². The summed E-state index contributed by atoms with van der Waals surface area (Å²) in [5.74, 6) is 4.08. The Hall–Kier alpha value is -13.7. The molecule has 0 atom stereocenters. The van der Waals surface area contributed by atoms with Gasteiger partial charge in [-0.2, -0.15) is 0 Å². The molecule has 7 N–H and O–H groups in total. The van der Waals surface area contributed by atoms with Crippen molar-refractivity contribution in [1.82, 2.24) is 0 Å². The number of ether oxygens (including phenoxy) is 6. The first kappa shape index (κ1) is 93.5. The zero-order chi connectivity index (χ0) is 102. The molecule has 16 aromatic carbocycles. The number of non-ortho nitro benzene ring substituents is 2. The van der Waals surface area contributed by atoms with E-state index in [2.05, 4.69) is 27.9 Å². The van der Waals surface area contributed by atoms with Gasteiger partial charge in [0, 0.05) is 113 Å². The normalized spacial score (nSPS) is 11.2. The monoisotopic (exact) mass is 2020 g/mol. The number of ketones is 1. The number of benzene rings is 16. The summed E-state index contributed by atoms with van der Waals surface area (Å²) in [6.07, 6.45) is -5.26. The maximum absolute atomic E-state index is 12.7. The molecule has 680 valence electrons. The van der Waals surface area contributed by atoms with E-state index in [1.807, 2.05) is 133 Å². The van der Waals surface area contributed by atoms with Gasteiger partial charge in [-0.3, -0.25) is 25.0 Å². The van der Waals surface area contributed by atoms with E-state index in [9.17, 15) is 29.8 Å². The molecular weight excluding hydrogens is 1930 g/mol. The molecule has 16 aromatic rings. The molecule has 0 radical (unpaired) electrons. The molecule has 0 heterocycles. The van der Waals surface area contributed by atoms with Gasteiger partial charge >= 0.3 is 13.1 Å². The number of nitrogens with two attached hydrogens (primary N) is 2. The highest BCUT2D eigenvalue weighted by atomic mass is 127. The van der Waals surface area contributed by atoms with Crippen molar-refractivity contribution in [2.45, 2.75) is 19.1 Å².